The molecule has 0 spiro atoms. The van der Waals surface area contributed by atoms with Crippen molar-refractivity contribution in [2.45, 2.75) is 20.3 Å². The summed E-state index contributed by atoms with van der Waals surface area (Å²) in [4.78, 5) is 8.92. The Morgan fingerprint density at radius 3 is 2.20 bits per heavy atom. The summed E-state index contributed by atoms with van der Waals surface area (Å²) in [6.07, 6.45) is 1.02. The van der Waals surface area contributed by atoms with Crippen LogP contribution in [0.1, 0.15) is 23.7 Å². The Labute approximate surface area is 147 Å². The smallest absolute Gasteiger partial charge is 0.229 e. The summed E-state index contributed by atoms with van der Waals surface area (Å²) in [7, 11) is 0. The van der Waals surface area contributed by atoms with Crippen molar-refractivity contribution >= 4 is 23.1 Å². The highest BCUT2D eigenvalue weighted by Crippen LogP contribution is 2.20. The van der Waals surface area contributed by atoms with E-state index < -0.39 is 0 Å². The first-order valence-electron chi connectivity index (χ1n) is 8.15. The first-order chi connectivity index (χ1) is 12.2. The lowest BCUT2D eigenvalue weighted by Gasteiger charge is -2.10. The van der Waals surface area contributed by atoms with E-state index in [-0.39, 0.29) is 0 Å². The molecule has 1 aromatic heterocycles. The molecule has 3 aromatic rings. The molecule has 5 heteroatoms. The van der Waals surface area contributed by atoms with E-state index in [1.54, 1.807) is 12.1 Å². The molecule has 3 rings (SSSR count). The number of benzene rings is 2. The monoisotopic (exact) mass is 329 g/mol. The Hall–Kier alpha value is -3.39. The van der Waals surface area contributed by atoms with E-state index >= 15 is 0 Å². The number of rotatable bonds is 5. The molecule has 0 fully saturated rings. The molecule has 0 aliphatic carbocycles. The Morgan fingerprint density at radius 2 is 1.56 bits per heavy atom. The van der Waals surface area contributed by atoms with Gasteiger partial charge < -0.3 is 10.6 Å². The molecule has 0 aliphatic rings. The van der Waals surface area contributed by atoms with Crippen LogP contribution in [0.3, 0.4) is 0 Å². The highest BCUT2D eigenvalue weighted by atomic mass is 15.1. The zero-order chi connectivity index (χ0) is 17.6. The van der Waals surface area contributed by atoms with E-state index in [1.807, 2.05) is 37.3 Å². The topological polar surface area (TPSA) is 73.6 Å². The van der Waals surface area contributed by atoms with Gasteiger partial charge in [0.15, 0.2) is 0 Å². The van der Waals surface area contributed by atoms with Crippen molar-refractivity contribution in [3.8, 4) is 6.07 Å². The Bertz CT molecular complexity index is 893. The maximum atomic E-state index is 8.86. The third-order valence-electron chi connectivity index (χ3n) is 3.76. The van der Waals surface area contributed by atoms with Gasteiger partial charge in [-0.2, -0.15) is 10.2 Å². The van der Waals surface area contributed by atoms with Crippen LogP contribution in [-0.4, -0.2) is 9.97 Å². The fraction of sp³-hybridized carbons (Fsp3) is 0.150. The van der Waals surface area contributed by atoms with Crippen molar-refractivity contribution in [2.75, 3.05) is 10.6 Å². The molecular weight excluding hydrogens is 310 g/mol. The van der Waals surface area contributed by atoms with Gasteiger partial charge in [-0.1, -0.05) is 19.1 Å². The fourth-order valence-electron chi connectivity index (χ4n) is 2.42. The summed E-state index contributed by atoms with van der Waals surface area (Å²) < 4.78 is 0. The van der Waals surface area contributed by atoms with E-state index in [0.717, 1.165) is 29.3 Å². The molecule has 0 bridgehead atoms. The van der Waals surface area contributed by atoms with E-state index in [9.17, 15) is 0 Å². The lowest BCUT2D eigenvalue weighted by Crippen LogP contribution is -2.02. The molecule has 1 heterocycles. The number of nitrogens with zero attached hydrogens (tertiary/aromatic N) is 3. The average molecular weight is 329 g/mol. The van der Waals surface area contributed by atoms with Gasteiger partial charge in [0, 0.05) is 23.1 Å². The molecule has 124 valence electrons. The molecule has 0 radical (unpaired) electrons. The Morgan fingerprint density at radius 1 is 0.920 bits per heavy atom. The van der Waals surface area contributed by atoms with Gasteiger partial charge in [0.25, 0.3) is 0 Å². The number of aryl methyl sites for hydroxylation is 2. The lowest BCUT2D eigenvalue weighted by molar-refractivity contribution is 1.11. The summed E-state index contributed by atoms with van der Waals surface area (Å²) in [6.45, 7) is 4.06. The zero-order valence-corrected chi connectivity index (χ0v) is 14.2. The average Bonchev–Trinajstić information content (AvgIpc) is 2.62. The largest absolute Gasteiger partial charge is 0.340 e. The van der Waals surface area contributed by atoms with Gasteiger partial charge in [-0.05, 0) is 55.3 Å². The number of aromatic nitrogens is 2. The van der Waals surface area contributed by atoms with Crippen molar-refractivity contribution in [1.82, 2.24) is 9.97 Å². The van der Waals surface area contributed by atoms with Crippen LogP contribution in [0.5, 0.6) is 0 Å². The molecule has 2 N–H and O–H groups in total. The van der Waals surface area contributed by atoms with Crippen LogP contribution in [0.15, 0.2) is 54.6 Å². The minimum atomic E-state index is 0.511. The summed E-state index contributed by atoms with van der Waals surface area (Å²) in [6, 6.07) is 19.5. The van der Waals surface area contributed by atoms with Crippen LogP contribution >= 0.6 is 0 Å². The van der Waals surface area contributed by atoms with E-state index in [4.69, 9.17) is 5.26 Å². The molecule has 0 atom stereocenters. The molecule has 25 heavy (non-hydrogen) atoms. The van der Waals surface area contributed by atoms with E-state index in [0.29, 0.717) is 11.5 Å². The SMILES string of the molecule is CCc1ccc(Nc2cc(C)nc(Nc3ccc(C#N)cc3)n2)cc1. The van der Waals surface area contributed by atoms with Gasteiger partial charge in [-0.15, -0.1) is 0 Å². The Balaban J connectivity index is 1.78. The third-order valence-corrected chi connectivity index (χ3v) is 3.76. The quantitative estimate of drug-likeness (QED) is 0.709. The predicted octanol–water partition coefficient (Wildman–Crippen LogP) is 4.71. The number of hydrogen-bond donors (Lipinski definition) is 2. The molecule has 0 saturated carbocycles. The van der Waals surface area contributed by atoms with E-state index in [2.05, 4.69) is 45.7 Å². The molecule has 5 nitrogen and oxygen atoms in total. The molecule has 0 saturated heterocycles. The van der Waals surface area contributed by atoms with Crippen LogP contribution in [-0.2, 0) is 6.42 Å². The first-order valence-corrected chi connectivity index (χ1v) is 8.15. The van der Waals surface area contributed by atoms with Crippen LogP contribution < -0.4 is 10.6 Å². The van der Waals surface area contributed by atoms with Crippen molar-refractivity contribution < 1.29 is 0 Å². The number of nitriles is 1. The lowest BCUT2D eigenvalue weighted by atomic mass is 10.1. The second-order valence-corrected chi connectivity index (χ2v) is 5.71. The van der Waals surface area contributed by atoms with E-state index in [1.165, 1.54) is 5.56 Å². The van der Waals surface area contributed by atoms with Gasteiger partial charge in [-0.25, -0.2) is 4.98 Å². The third kappa shape index (κ3) is 4.33. The number of nitrogens with one attached hydrogen (secondary N) is 2. The molecule has 0 aliphatic heterocycles. The van der Waals surface area contributed by atoms with Crippen LogP contribution in [0, 0.1) is 18.3 Å². The number of anilines is 4. The van der Waals surface area contributed by atoms with Gasteiger partial charge >= 0.3 is 0 Å². The maximum absolute atomic E-state index is 8.86. The fourth-order valence-corrected chi connectivity index (χ4v) is 2.42. The Kier molecular flexibility index (Phi) is 4.91. The summed E-state index contributed by atoms with van der Waals surface area (Å²) in [5.74, 6) is 1.24. The second-order valence-electron chi connectivity index (χ2n) is 5.71. The van der Waals surface area contributed by atoms with Gasteiger partial charge in [0.05, 0.1) is 11.6 Å². The standard InChI is InChI=1S/C20H19N5/c1-3-15-4-8-17(9-5-15)23-19-12-14(2)22-20(25-19)24-18-10-6-16(13-21)7-11-18/h4-12H,3H2,1-2H3,(H2,22,23,24,25). The van der Waals surface area contributed by atoms with Crippen molar-refractivity contribution in [1.29, 1.82) is 5.26 Å². The molecule has 0 amide bonds. The van der Waals surface area contributed by atoms with Gasteiger partial charge in [-0.3, -0.25) is 0 Å². The normalized spacial score (nSPS) is 10.1. The van der Waals surface area contributed by atoms with Crippen LogP contribution in [0.25, 0.3) is 0 Å². The summed E-state index contributed by atoms with van der Waals surface area (Å²) in [5.41, 5.74) is 4.60. The predicted molar refractivity (Wildman–Crippen MR) is 100 cm³/mol. The minimum Gasteiger partial charge on any atom is -0.340 e. The maximum Gasteiger partial charge on any atom is 0.229 e. The minimum absolute atomic E-state index is 0.511. The summed E-state index contributed by atoms with van der Waals surface area (Å²) >= 11 is 0. The highest BCUT2D eigenvalue weighted by molar-refractivity contribution is 5.60. The van der Waals surface area contributed by atoms with Crippen LogP contribution in [0.2, 0.25) is 0 Å². The molecule has 2 aromatic carbocycles. The van der Waals surface area contributed by atoms with Gasteiger partial charge in [0.2, 0.25) is 5.95 Å². The second kappa shape index (κ2) is 7.45. The van der Waals surface area contributed by atoms with Gasteiger partial charge in [0.1, 0.15) is 5.82 Å². The first kappa shape index (κ1) is 16.5. The van der Waals surface area contributed by atoms with Crippen molar-refractivity contribution in [3.05, 3.63) is 71.4 Å². The highest BCUT2D eigenvalue weighted by Gasteiger charge is 2.04. The molecule has 0 unspecified atom stereocenters. The molecular formula is C20H19N5. The van der Waals surface area contributed by atoms with Crippen molar-refractivity contribution in [3.63, 3.8) is 0 Å². The summed E-state index contributed by atoms with van der Waals surface area (Å²) in [5, 5.41) is 15.3. The van der Waals surface area contributed by atoms with Crippen LogP contribution in [0.4, 0.5) is 23.1 Å². The van der Waals surface area contributed by atoms with Crippen molar-refractivity contribution in [2.24, 2.45) is 0 Å². The zero-order valence-electron chi connectivity index (χ0n) is 14.2. The number of hydrogen-bond acceptors (Lipinski definition) is 5.